The summed E-state index contributed by atoms with van der Waals surface area (Å²) in [6, 6.07) is 0.0118. The molecule has 1 saturated heterocycles. The number of methoxy groups -OCH3 is 1. The molecule has 0 spiro atoms. The van der Waals surface area contributed by atoms with Crippen LogP contribution in [-0.2, 0) is 11.8 Å². The highest BCUT2D eigenvalue weighted by Gasteiger charge is 2.38. The minimum absolute atomic E-state index is 0.0118. The lowest BCUT2D eigenvalue weighted by Gasteiger charge is -2.35. The van der Waals surface area contributed by atoms with Gasteiger partial charge in [-0.15, -0.1) is 0 Å². The van der Waals surface area contributed by atoms with Crippen LogP contribution in [0.4, 0.5) is 5.82 Å². The molecular formula is C11H16ClN3O6. The fourth-order valence-corrected chi connectivity index (χ4v) is 2.12. The number of hydrogen-bond acceptors (Lipinski definition) is 8. The minimum Gasteiger partial charge on any atom is -0.468 e. The van der Waals surface area contributed by atoms with E-state index in [0.29, 0.717) is 0 Å². The van der Waals surface area contributed by atoms with Crippen molar-refractivity contribution in [1.82, 2.24) is 9.55 Å². The highest BCUT2D eigenvalue weighted by molar-refractivity contribution is 6.32. The van der Waals surface area contributed by atoms with Gasteiger partial charge in [-0.1, -0.05) is 11.6 Å². The monoisotopic (exact) mass is 321 g/mol. The van der Waals surface area contributed by atoms with E-state index in [1.165, 1.54) is 14.2 Å². The average Bonchev–Trinajstić information content (AvgIpc) is 2.48. The molecule has 1 aliphatic heterocycles. The van der Waals surface area contributed by atoms with Gasteiger partial charge in [0.15, 0.2) is 12.0 Å². The van der Waals surface area contributed by atoms with Crippen LogP contribution in [0.5, 0.6) is 6.01 Å². The van der Waals surface area contributed by atoms with Gasteiger partial charge < -0.3 is 30.1 Å². The van der Waals surface area contributed by atoms with Gasteiger partial charge in [0.25, 0.3) is 5.56 Å². The third kappa shape index (κ3) is 2.97. The fourth-order valence-electron chi connectivity index (χ4n) is 1.90. The summed E-state index contributed by atoms with van der Waals surface area (Å²) in [6.45, 7) is -0.185. The van der Waals surface area contributed by atoms with Gasteiger partial charge in [-0.3, -0.25) is 9.36 Å². The summed E-state index contributed by atoms with van der Waals surface area (Å²) < 4.78 is 11.2. The van der Waals surface area contributed by atoms with E-state index in [-0.39, 0.29) is 23.5 Å². The van der Waals surface area contributed by atoms with E-state index in [2.05, 4.69) is 10.3 Å². The van der Waals surface area contributed by atoms with Crippen molar-refractivity contribution in [3.05, 3.63) is 15.4 Å². The third-order valence-electron chi connectivity index (χ3n) is 3.16. The van der Waals surface area contributed by atoms with Crippen LogP contribution in [0.25, 0.3) is 0 Å². The Balaban J connectivity index is 2.28. The summed E-state index contributed by atoms with van der Waals surface area (Å²) >= 11 is 5.90. The van der Waals surface area contributed by atoms with Gasteiger partial charge in [-0.25, -0.2) is 0 Å². The number of aromatic nitrogens is 2. The van der Waals surface area contributed by atoms with Gasteiger partial charge in [0.1, 0.15) is 23.3 Å². The first-order valence-electron chi connectivity index (χ1n) is 6.09. The van der Waals surface area contributed by atoms with Crippen molar-refractivity contribution >= 4 is 17.4 Å². The van der Waals surface area contributed by atoms with Crippen LogP contribution < -0.4 is 15.6 Å². The standard InChI is InChI=1S/C11H16ClN3O6/c1-15-10(19)5(12)8(14-11(15)20-2)13-9-7(18)6(17)4(16)3-21-9/h4,6-7,9,13,16-18H,3H2,1-2H3/t4-,6-,7-,9-/m1/s1. The molecule has 1 aliphatic rings. The van der Waals surface area contributed by atoms with Gasteiger partial charge in [-0.2, -0.15) is 4.98 Å². The van der Waals surface area contributed by atoms with Crippen molar-refractivity contribution in [1.29, 1.82) is 0 Å². The van der Waals surface area contributed by atoms with E-state index in [1.807, 2.05) is 0 Å². The molecule has 10 heteroatoms. The molecule has 0 bridgehead atoms. The van der Waals surface area contributed by atoms with Crippen molar-refractivity contribution in [3.8, 4) is 6.01 Å². The predicted octanol–water partition coefficient (Wildman–Crippen LogP) is -1.71. The molecule has 9 nitrogen and oxygen atoms in total. The first-order chi connectivity index (χ1) is 9.86. The Hall–Kier alpha value is -1.39. The lowest BCUT2D eigenvalue weighted by molar-refractivity contribution is -0.178. The molecule has 21 heavy (non-hydrogen) atoms. The summed E-state index contributed by atoms with van der Waals surface area (Å²) in [6.07, 6.45) is -5.07. The summed E-state index contributed by atoms with van der Waals surface area (Å²) in [5.74, 6) is -0.0516. The van der Waals surface area contributed by atoms with E-state index >= 15 is 0 Å². The van der Waals surface area contributed by atoms with Crippen LogP contribution in [0.15, 0.2) is 4.79 Å². The Morgan fingerprint density at radius 2 is 2.10 bits per heavy atom. The Morgan fingerprint density at radius 1 is 1.43 bits per heavy atom. The lowest BCUT2D eigenvalue weighted by Crippen LogP contribution is -2.55. The molecule has 2 rings (SSSR count). The van der Waals surface area contributed by atoms with E-state index in [9.17, 15) is 20.1 Å². The lowest BCUT2D eigenvalue weighted by atomic mass is 10.0. The molecule has 118 valence electrons. The molecule has 1 fully saturated rings. The number of aliphatic hydroxyl groups excluding tert-OH is 3. The first kappa shape index (κ1) is 16.0. The SMILES string of the molecule is COc1nc(N[C@@H]2OC[C@@H](O)[C@@H](O)[C@H]2O)c(Cl)c(=O)n1C. The van der Waals surface area contributed by atoms with Crippen LogP contribution in [0, 0.1) is 0 Å². The second-order valence-corrected chi connectivity index (χ2v) is 4.95. The Bertz CT molecular complexity index is 580. The number of ether oxygens (including phenoxy) is 2. The predicted molar refractivity (Wildman–Crippen MR) is 72.4 cm³/mol. The van der Waals surface area contributed by atoms with Crippen LogP contribution in [0.1, 0.15) is 0 Å². The van der Waals surface area contributed by atoms with Crippen LogP contribution >= 0.6 is 11.6 Å². The fraction of sp³-hybridized carbons (Fsp3) is 0.636. The Kier molecular flexibility index (Phi) is 4.69. The van der Waals surface area contributed by atoms with Crippen molar-refractivity contribution in [2.24, 2.45) is 7.05 Å². The molecule has 1 aromatic rings. The maximum absolute atomic E-state index is 11.9. The normalized spacial score (nSPS) is 29.2. The van der Waals surface area contributed by atoms with Crippen molar-refractivity contribution in [2.45, 2.75) is 24.5 Å². The molecule has 4 atom stereocenters. The zero-order chi connectivity index (χ0) is 15.7. The molecule has 0 saturated carbocycles. The maximum atomic E-state index is 11.9. The Morgan fingerprint density at radius 3 is 2.71 bits per heavy atom. The van der Waals surface area contributed by atoms with Gasteiger partial charge in [0.05, 0.1) is 13.7 Å². The highest BCUT2D eigenvalue weighted by Crippen LogP contribution is 2.22. The number of nitrogens with zero attached hydrogens (tertiary/aromatic N) is 2. The maximum Gasteiger partial charge on any atom is 0.300 e. The number of anilines is 1. The van der Waals surface area contributed by atoms with Crippen molar-refractivity contribution in [3.63, 3.8) is 0 Å². The highest BCUT2D eigenvalue weighted by atomic mass is 35.5. The average molecular weight is 322 g/mol. The zero-order valence-corrected chi connectivity index (χ0v) is 12.1. The number of hydrogen-bond donors (Lipinski definition) is 4. The minimum atomic E-state index is -1.42. The molecule has 2 heterocycles. The second-order valence-electron chi connectivity index (χ2n) is 4.57. The van der Waals surface area contributed by atoms with Gasteiger partial charge >= 0.3 is 6.01 Å². The molecule has 4 N–H and O–H groups in total. The smallest absolute Gasteiger partial charge is 0.300 e. The number of halogens is 1. The molecule has 0 aliphatic carbocycles. The summed E-state index contributed by atoms with van der Waals surface area (Å²) in [5.41, 5.74) is -0.545. The summed E-state index contributed by atoms with van der Waals surface area (Å²) in [4.78, 5) is 15.9. The van der Waals surface area contributed by atoms with Gasteiger partial charge in [-0.05, 0) is 0 Å². The van der Waals surface area contributed by atoms with Gasteiger partial charge in [0, 0.05) is 7.05 Å². The van der Waals surface area contributed by atoms with Crippen molar-refractivity contribution < 1.29 is 24.8 Å². The topological polar surface area (TPSA) is 126 Å². The van der Waals surface area contributed by atoms with E-state index < -0.39 is 30.1 Å². The summed E-state index contributed by atoms with van der Waals surface area (Å²) in [5, 5.41) is 31.2. The second kappa shape index (κ2) is 6.16. The molecular weight excluding hydrogens is 306 g/mol. The van der Waals surface area contributed by atoms with Gasteiger partial charge in [0.2, 0.25) is 0 Å². The van der Waals surface area contributed by atoms with Crippen molar-refractivity contribution in [2.75, 3.05) is 19.0 Å². The largest absolute Gasteiger partial charge is 0.468 e. The van der Waals surface area contributed by atoms with Crippen LogP contribution in [0.2, 0.25) is 5.02 Å². The number of rotatable bonds is 3. The van der Waals surface area contributed by atoms with E-state index in [4.69, 9.17) is 21.1 Å². The third-order valence-corrected chi connectivity index (χ3v) is 3.50. The zero-order valence-electron chi connectivity index (χ0n) is 11.4. The molecule has 0 amide bonds. The molecule has 0 radical (unpaired) electrons. The number of nitrogens with one attached hydrogen (secondary N) is 1. The molecule has 0 aromatic carbocycles. The molecule has 0 unspecified atom stereocenters. The van der Waals surface area contributed by atoms with Crippen LogP contribution in [-0.4, -0.2) is 63.1 Å². The number of aliphatic hydroxyl groups is 3. The quantitative estimate of drug-likeness (QED) is 0.518. The Labute approximate surface area is 124 Å². The first-order valence-corrected chi connectivity index (χ1v) is 6.47. The van der Waals surface area contributed by atoms with E-state index in [0.717, 1.165) is 4.57 Å². The molecule has 1 aromatic heterocycles. The van der Waals surface area contributed by atoms with Crippen LogP contribution in [0.3, 0.4) is 0 Å². The summed E-state index contributed by atoms with van der Waals surface area (Å²) in [7, 11) is 2.78. The van der Waals surface area contributed by atoms with E-state index in [1.54, 1.807) is 0 Å².